The number of anilines is 1. The van der Waals surface area contributed by atoms with E-state index in [1.807, 2.05) is 25.1 Å². The van der Waals surface area contributed by atoms with Crippen molar-refractivity contribution in [3.8, 4) is 0 Å². The third-order valence-corrected chi connectivity index (χ3v) is 2.21. The molecule has 0 amide bonds. The molecule has 0 atom stereocenters. The molecule has 2 N–H and O–H groups in total. The van der Waals surface area contributed by atoms with Gasteiger partial charge in [-0.2, -0.15) is 5.10 Å². The quantitative estimate of drug-likeness (QED) is 0.623. The summed E-state index contributed by atoms with van der Waals surface area (Å²) in [5, 5.41) is 3.96. The van der Waals surface area contributed by atoms with Crippen LogP contribution in [0.4, 0.5) is 5.95 Å². The normalized spacial score (nSPS) is 10.7. The molecule has 0 aromatic carbocycles. The minimum atomic E-state index is -0.197. The fourth-order valence-corrected chi connectivity index (χ4v) is 1.35. The molecule has 2 rings (SSSR count). The second-order valence-corrected chi connectivity index (χ2v) is 3.56. The zero-order chi connectivity index (χ0) is 12.8. The van der Waals surface area contributed by atoms with Crippen molar-refractivity contribution in [1.29, 1.82) is 0 Å². The summed E-state index contributed by atoms with van der Waals surface area (Å²) in [7, 11) is 0. The Labute approximate surface area is 104 Å². The van der Waals surface area contributed by atoms with Gasteiger partial charge in [-0.15, -0.1) is 0 Å². The highest BCUT2D eigenvalue weighted by molar-refractivity contribution is 5.77. The van der Waals surface area contributed by atoms with E-state index in [2.05, 4.69) is 25.5 Å². The largest absolute Gasteiger partial charge is 0.291 e. The fraction of sp³-hybridized carbons (Fsp3) is 0.167. The molecule has 0 aliphatic rings. The number of aryl methyl sites for hydroxylation is 1. The van der Waals surface area contributed by atoms with Crippen LogP contribution in [0, 0.1) is 0 Å². The summed E-state index contributed by atoms with van der Waals surface area (Å²) >= 11 is 0. The van der Waals surface area contributed by atoms with Crippen molar-refractivity contribution in [2.24, 2.45) is 5.10 Å². The minimum absolute atomic E-state index is 0.197. The Morgan fingerprint density at radius 3 is 3.11 bits per heavy atom. The highest BCUT2D eigenvalue weighted by Gasteiger charge is 1.97. The number of pyridine rings is 1. The van der Waals surface area contributed by atoms with Crippen molar-refractivity contribution < 1.29 is 0 Å². The molecule has 92 valence electrons. The van der Waals surface area contributed by atoms with Crippen molar-refractivity contribution in [3.63, 3.8) is 0 Å². The van der Waals surface area contributed by atoms with E-state index in [0.29, 0.717) is 18.1 Å². The molecule has 0 radical (unpaired) electrons. The van der Waals surface area contributed by atoms with Gasteiger partial charge in [0.05, 0.1) is 11.9 Å². The van der Waals surface area contributed by atoms with Crippen LogP contribution >= 0.6 is 0 Å². The third kappa shape index (κ3) is 3.24. The first-order valence-corrected chi connectivity index (χ1v) is 5.58. The van der Waals surface area contributed by atoms with Gasteiger partial charge < -0.3 is 0 Å². The molecule has 0 fully saturated rings. The summed E-state index contributed by atoms with van der Waals surface area (Å²) in [6, 6.07) is 6.98. The Hall–Kier alpha value is -2.50. The zero-order valence-corrected chi connectivity index (χ0v) is 9.92. The van der Waals surface area contributed by atoms with E-state index in [9.17, 15) is 4.79 Å². The van der Waals surface area contributed by atoms with Crippen LogP contribution in [0.5, 0.6) is 0 Å². The molecule has 6 heteroatoms. The number of hydrogen-bond donors (Lipinski definition) is 2. The van der Waals surface area contributed by atoms with Crippen LogP contribution < -0.4 is 11.0 Å². The minimum Gasteiger partial charge on any atom is -0.291 e. The van der Waals surface area contributed by atoms with Crippen LogP contribution in [-0.2, 0) is 6.42 Å². The maximum Gasteiger partial charge on any atom is 0.252 e. The lowest BCUT2D eigenvalue weighted by molar-refractivity contribution is 0.973. The Balaban J connectivity index is 2.08. The summed E-state index contributed by atoms with van der Waals surface area (Å²) in [4.78, 5) is 22.1. The predicted molar refractivity (Wildman–Crippen MR) is 69.7 cm³/mol. The maximum absolute atomic E-state index is 11.3. The predicted octanol–water partition coefficient (Wildman–Crippen LogP) is 1.17. The van der Waals surface area contributed by atoms with E-state index in [1.54, 1.807) is 12.4 Å². The molecule has 0 saturated carbocycles. The highest BCUT2D eigenvalue weighted by Crippen LogP contribution is 1.98. The molecule has 0 aliphatic heterocycles. The monoisotopic (exact) mass is 243 g/mol. The molecular formula is C12H13N5O. The number of nitrogens with one attached hydrogen (secondary N) is 2. The lowest BCUT2D eigenvalue weighted by Crippen LogP contribution is -2.11. The van der Waals surface area contributed by atoms with E-state index in [-0.39, 0.29) is 5.56 Å². The smallest absolute Gasteiger partial charge is 0.252 e. The van der Waals surface area contributed by atoms with Crippen molar-refractivity contribution in [2.45, 2.75) is 13.3 Å². The van der Waals surface area contributed by atoms with Gasteiger partial charge in [-0.25, -0.2) is 10.4 Å². The SMILES string of the molecule is CCc1cc(=O)[nH]c(N/N=C\c2ccccn2)n1. The summed E-state index contributed by atoms with van der Waals surface area (Å²) in [6.07, 6.45) is 3.93. The second kappa shape index (κ2) is 5.72. The average molecular weight is 243 g/mol. The van der Waals surface area contributed by atoms with Gasteiger partial charge in [0.15, 0.2) is 0 Å². The molecule has 0 unspecified atom stereocenters. The molecule has 6 nitrogen and oxygen atoms in total. The first kappa shape index (κ1) is 12.0. The number of hydrogen-bond acceptors (Lipinski definition) is 5. The third-order valence-electron chi connectivity index (χ3n) is 2.21. The summed E-state index contributed by atoms with van der Waals surface area (Å²) in [5.74, 6) is 0.325. The number of aromatic nitrogens is 3. The zero-order valence-electron chi connectivity index (χ0n) is 9.92. The molecule has 2 aromatic rings. The van der Waals surface area contributed by atoms with E-state index >= 15 is 0 Å². The summed E-state index contributed by atoms with van der Waals surface area (Å²) < 4.78 is 0. The van der Waals surface area contributed by atoms with Gasteiger partial charge in [0.1, 0.15) is 0 Å². The topological polar surface area (TPSA) is 83.0 Å². The first-order valence-electron chi connectivity index (χ1n) is 5.58. The van der Waals surface area contributed by atoms with Crippen LogP contribution in [-0.4, -0.2) is 21.2 Å². The van der Waals surface area contributed by atoms with E-state index in [4.69, 9.17) is 0 Å². The molecule has 2 aromatic heterocycles. The lowest BCUT2D eigenvalue weighted by Gasteiger charge is -2.00. The Morgan fingerprint density at radius 1 is 1.50 bits per heavy atom. The standard InChI is InChI=1S/C12H13N5O/c1-2-9-7-11(18)16-12(15-9)17-14-8-10-5-3-4-6-13-10/h3-8H,2H2,1H3,(H2,15,16,17,18)/b14-8-. The fourth-order valence-electron chi connectivity index (χ4n) is 1.35. The number of H-pyrrole nitrogens is 1. The maximum atomic E-state index is 11.3. The molecule has 2 heterocycles. The Kier molecular flexibility index (Phi) is 3.80. The Bertz CT molecular complexity index is 591. The molecule has 0 saturated heterocycles. The van der Waals surface area contributed by atoms with Crippen molar-refractivity contribution >= 4 is 12.2 Å². The Morgan fingerprint density at radius 2 is 2.39 bits per heavy atom. The van der Waals surface area contributed by atoms with Crippen molar-refractivity contribution in [3.05, 3.63) is 52.2 Å². The van der Waals surface area contributed by atoms with Gasteiger partial charge in [0.2, 0.25) is 5.95 Å². The van der Waals surface area contributed by atoms with E-state index in [0.717, 1.165) is 5.69 Å². The lowest BCUT2D eigenvalue weighted by atomic mass is 10.3. The average Bonchev–Trinajstić information content (AvgIpc) is 2.39. The summed E-state index contributed by atoms with van der Waals surface area (Å²) in [6.45, 7) is 1.93. The van der Waals surface area contributed by atoms with Crippen LogP contribution in [0.25, 0.3) is 0 Å². The number of aromatic amines is 1. The van der Waals surface area contributed by atoms with Gasteiger partial charge in [0, 0.05) is 18.0 Å². The van der Waals surface area contributed by atoms with Crippen LogP contribution in [0.3, 0.4) is 0 Å². The number of nitrogens with zero attached hydrogens (tertiary/aromatic N) is 3. The van der Waals surface area contributed by atoms with Gasteiger partial charge in [-0.05, 0) is 18.6 Å². The number of rotatable bonds is 4. The molecule has 18 heavy (non-hydrogen) atoms. The molecule has 0 aliphatic carbocycles. The molecule has 0 bridgehead atoms. The van der Waals surface area contributed by atoms with Crippen LogP contribution in [0.1, 0.15) is 18.3 Å². The van der Waals surface area contributed by atoms with Gasteiger partial charge in [-0.1, -0.05) is 13.0 Å². The van der Waals surface area contributed by atoms with Crippen molar-refractivity contribution in [1.82, 2.24) is 15.0 Å². The second-order valence-electron chi connectivity index (χ2n) is 3.56. The first-order chi connectivity index (χ1) is 8.78. The van der Waals surface area contributed by atoms with Gasteiger partial charge in [-0.3, -0.25) is 14.8 Å². The number of hydrazone groups is 1. The van der Waals surface area contributed by atoms with Gasteiger partial charge >= 0.3 is 0 Å². The highest BCUT2D eigenvalue weighted by atomic mass is 16.1. The molecular weight excluding hydrogens is 230 g/mol. The van der Waals surface area contributed by atoms with E-state index in [1.165, 1.54) is 6.07 Å². The van der Waals surface area contributed by atoms with Crippen LogP contribution in [0.15, 0.2) is 40.4 Å². The van der Waals surface area contributed by atoms with Gasteiger partial charge in [0.25, 0.3) is 5.56 Å². The van der Waals surface area contributed by atoms with Crippen LogP contribution in [0.2, 0.25) is 0 Å². The van der Waals surface area contributed by atoms with E-state index < -0.39 is 0 Å². The summed E-state index contributed by atoms with van der Waals surface area (Å²) in [5.41, 5.74) is 3.91. The molecule has 0 spiro atoms. The van der Waals surface area contributed by atoms with Crippen molar-refractivity contribution in [2.75, 3.05) is 5.43 Å².